The van der Waals surface area contributed by atoms with E-state index in [-0.39, 0.29) is 22.5 Å². The number of nitrogens with one attached hydrogen (secondary N) is 1. The van der Waals surface area contributed by atoms with Gasteiger partial charge in [-0.05, 0) is 43.2 Å². The minimum atomic E-state index is -4.53. The van der Waals surface area contributed by atoms with Crippen LogP contribution in [0.3, 0.4) is 0 Å². The van der Waals surface area contributed by atoms with Gasteiger partial charge in [-0.1, -0.05) is 0 Å². The Bertz CT molecular complexity index is 1390. The third-order valence-electron chi connectivity index (χ3n) is 5.00. The van der Waals surface area contributed by atoms with Gasteiger partial charge in [0.15, 0.2) is 11.5 Å². The number of halogens is 3. The zero-order valence-corrected chi connectivity index (χ0v) is 15.8. The Hall–Kier alpha value is -3.83. The van der Waals surface area contributed by atoms with Crippen LogP contribution in [0.1, 0.15) is 30.0 Å². The highest BCUT2D eigenvalue weighted by Crippen LogP contribution is 2.42. The number of rotatable bonds is 4. The maximum Gasteiger partial charge on any atom is 0.416 e. The van der Waals surface area contributed by atoms with Gasteiger partial charge in [0.2, 0.25) is 5.91 Å². The molecule has 0 spiro atoms. The summed E-state index contributed by atoms with van der Waals surface area (Å²) in [6.07, 6.45) is -1.61. The first-order valence-corrected chi connectivity index (χ1v) is 9.38. The quantitative estimate of drug-likeness (QED) is 0.534. The molecule has 31 heavy (non-hydrogen) atoms. The molecule has 5 rings (SSSR count). The topological polar surface area (TPSA) is 107 Å². The summed E-state index contributed by atoms with van der Waals surface area (Å²) in [5, 5.41) is 18.7. The van der Waals surface area contributed by atoms with Gasteiger partial charge < -0.3 is 5.32 Å². The highest BCUT2D eigenvalue weighted by atomic mass is 19.4. The molecule has 158 valence electrons. The number of hydrogen-bond acceptors (Lipinski definition) is 6. The number of amides is 1. The molecule has 0 unspecified atom stereocenters. The van der Waals surface area contributed by atoms with Crippen molar-refractivity contribution in [3.63, 3.8) is 0 Å². The van der Waals surface area contributed by atoms with Crippen LogP contribution in [0.4, 0.5) is 19.0 Å². The Morgan fingerprint density at radius 1 is 1.13 bits per heavy atom. The molecule has 3 aromatic heterocycles. The molecule has 0 bridgehead atoms. The standard InChI is InChI=1S/C19H14F3N7O2/c20-19(21,22)11-3-4-12-13(7-11)17(10-1-2-10)27-28(18(12)31)8-16(30)24-14-5-6-15-25-23-9-29(15)26-14/h3-7,9-10H,1-2,8H2,(H,24,26,30). The lowest BCUT2D eigenvalue weighted by Crippen LogP contribution is -2.31. The summed E-state index contributed by atoms with van der Waals surface area (Å²) in [6, 6.07) is 6.11. The van der Waals surface area contributed by atoms with E-state index >= 15 is 0 Å². The normalized spacial score (nSPS) is 14.3. The van der Waals surface area contributed by atoms with Crippen LogP contribution in [0.5, 0.6) is 0 Å². The SMILES string of the molecule is O=C(Cn1nc(C2CC2)c2cc(C(F)(F)F)ccc2c1=O)Nc1ccc2nncn2n1. The van der Waals surface area contributed by atoms with Crippen LogP contribution in [0.25, 0.3) is 16.4 Å². The number of anilines is 1. The number of hydrogen-bond donors (Lipinski definition) is 1. The van der Waals surface area contributed by atoms with E-state index in [0.29, 0.717) is 11.3 Å². The fraction of sp³-hybridized carbons (Fsp3) is 0.263. The fourth-order valence-electron chi connectivity index (χ4n) is 3.37. The summed E-state index contributed by atoms with van der Waals surface area (Å²) in [7, 11) is 0. The predicted molar refractivity (Wildman–Crippen MR) is 102 cm³/mol. The maximum absolute atomic E-state index is 13.1. The minimum Gasteiger partial charge on any atom is -0.308 e. The van der Waals surface area contributed by atoms with Crippen LogP contribution in [0.2, 0.25) is 0 Å². The van der Waals surface area contributed by atoms with Gasteiger partial charge in [-0.15, -0.1) is 15.3 Å². The van der Waals surface area contributed by atoms with E-state index in [1.807, 2.05) is 0 Å². The molecule has 3 heterocycles. The molecule has 1 aliphatic rings. The van der Waals surface area contributed by atoms with E-state index in [0.717, 1.165) is 35.7 Å². The summed E-state index contributed by atoms with van der Waals surface area (Å²) >= 11 is 0. The lowest BCUT2D eigenvalue weighted by Gasteiger charge is -2.13. The third-order valence-corrected chi connectivity index (χ3v) is 5.00. The highest BCUT2D eigenvalue weighted by Gasteiger charge is 2.33. The number of benzene rings is 1. The first-order valence-electron chi connectivity index (χ1n) is 9.38. The number of carbonyl (C=O) groups is 1. The zero-order chi connectivity index (χ0) is 21.8. The first-order chi connectivity index (χ1) is 14.8. The molecule has 0 atom stereocenters. The number of alkyl halides is 3. The minimum absolute atomic E-state index is 0.0290. The second kappa shape index (κ2) is 6.86. The Morgan fingerprint density at radius 2 is 1.94 bits per heavy atom. The smallest absolute Gasteiger partial charge is 0.308 e. The Morgan fingerprint density at radius 3 is 2.68 bits per heavy atom. The molecule has 12 heteroatoms. The van der Waals surface area contributed by atoms with Crippen LogP contribution < -0.4 is 10.9 Å². The van der Waals surface area contributed by atoms with Gasteiger partial charge in [0, 0.05) is 11.3 Å². The Labute approximate surface area is 171 Å². The average molecular weight is 429 g/mol. The zero-order valence-electron chi connectivity index (χ0n) is 15.8. The van der Waals surface area contributed by atoms with Gasteiger partial charge in [-0.2, -0.15) is 22.8 Å². The Kier molecular flexibility index (Phi) is 4.24. The van der Waals surface area contributed by atoms with Crippen molar-refractivity contribution in [1.29, 1.82) is 0 Å². The van der Waals surface area contributed by atoms with Gasteiger partial charge in [0.05, 0.1) is 16.6 Å². The van der Waals surface area contributed by atoms with Crippen molar-refractivity contribution in [3.8, 4) is 0 Å². The molecule has 1 aliphatic carbocycles. The first kappa shape index (κ1) is 19.2. The van der Waals surface area contributed by atoms with Crippen molar-refractivity contribution >= 4 is 28.1 Å². The molecule has 1 amide bonds. The highest BCUT2D eigenvalue weighted by molar-refractivity contribution is 5.90. The van der Waals surface area contributed by atoms with Crippen LogP contribution in [0, 0.1) is 0 Å². The molecular formula is C19H14F3N7O2. The van der Waals surface area contributed by atoms with Crippen LogP contribution in [0.15, 0.2) is 41.5 Å². The summed E-state index contributed by atoms with van der Waals surface area (Å²) in [5.74, 6) is -0.357. The molecule has 9 nitrogen and oxygen atoms in total. The van der Waals surface area contributed by atoms with E-state index in [1.54, 1.807) is 6.07 Å². The van der Waals surface area contributed by atoms with Crippen molar-refractivity contribution in [2.75, 3.05) is 5.32 Å². The van der Waals surface area contributed by atoms with Crippen LogP contribution in [-0.4, -0.2) is 35.5 Å². The molecule has 1 N–H and O–H groups in total. The maximum atomic E-state index is 13.1. The molecule has 0 aliphatic heterocycles. The second-order valence-electron chi connectivity index (χ2n) is 7.28. The van der Waals surface area contributed by atoms with E-state index < -0.39 is 29.8 Å². The lowest BCUT2D eigenvalue weighted by atomic mass is 10.0. The van der Waals surface area contributed by atoms with Gasteiger partial charge in [0.1, 0.15) is 12.9 Å². The van der Waals surface area contributed by atoms with Gasteiger partial charge >= 0.3 is 6.18 Å². The van der Waals surface area contributed by atoms with E-state index in [4.69, 9.17) is 0 Å². The number of nitrogens with zero attached hydrogens (tertiary/aromatic N) is 6. The van der Waals surface area contributed by atoms with Crippen molar-refractivity contribution in [1.82, 2.24) is 29.6 Å². The summed E-state index contributed by atoms with van der Waals surface area (Å²) in [5.41, 5.74) is -0.574. The van der Waals surface area contributed by atoms with Crippen molar-refractivity contribution in [2.24, 2.45) is 0 Å². The van der Waals surface area contributed by atoms with Gasteiger partial charge in [0.25, 0.3) is 5.56 Å². The van der Waals surface area contributed by atoms with Crippen LogP contribution >= 0.6 is 0 Å². The average Bonchev–Trinajstić information content (AvgIpc) is 3.46. The van der Waals surface area contributed by atoms with Gasteiger partial charge in [-0.25, -0.2) is 4.68 Å². The number of aromatic nitrogens is 6. The van der Waals surface area contributed by atoms with Gasteiger partial charge in [-0.3, -0.25) is 9.59 Å². The fourth-order valence-corrected chi connectivity index (χ4v) is 3.37. The number of carbonyl (C=O) groups excluding carboxylic acids is 1. The summed E-state index contributed by atoms with van der Waals surface area (Å²) in [6.45, 7) is -0.405. The number of fused-ring (bicyclic) bond motifs is 2. The molecule has 1 saturated carbocycles. The summed E-state index contributed by atoms with van der Waals surface area (Å²) in [4.78, 5) is 25.3. The van der Waals surface area contributed by atoms with Crippen molar-refractivity contribution in [3.05, 3.63) is 58.3 Å². The molecule has 1 aromatic carbocycles. The second-order valence-corrected chi connectivity index (χ2v) is 7.28. The monoisotopic (exact) mass is 429 g/mol. The predicted octanol–water partition coefficient (Wildman–Crippen LogP) is 2.37. The van der Waals surface area contributed by atoms with Crippen molar-refractivity contribution in [2.45, 2.75) is 31.5 Å². The molecule has 0 radical (unpaired) electrons. The summed E-state index contributed by atoms with van der Waals surface area (Å²) < 4.78 is 41.7. The van der Waals surface area contributed by atoms with E-state index in [1.165, 1.54) is 16.9 Å². The van der Waals surface area contributed by atoms with E-state index in [9.17, 15) is 22.8 Å². The molecule has 4 aromatic rings. The third kappa shape index (κ3) is 3.60. The molecular weight excluding hydrogens is 415 g/mol. The Balaban J connectivity index is 1.48. The van der Waals surface area contributed by atoms with E-state index in [2.05, 4.69) is 25.7 Å². The largest absolute Gasteiger partial charge is 0.416 e. The lowest BCUT2D eigenvalue weighted by molar-refractivity contribution is -0.137. The van der Waals surface area contributed by atoms with Crippen molar-refractivity contribution < 1.29 is 18.0 Å². The van der Waals surface area contributed by atoms with Crippen LogP contribution in [-0.2, 0) is 17.5 Å². The molecule has 1 fully saturated rings. The molecule has 0 saturated heterocycles.